The van der Waals surface area contributed by atoms with Crippen LogP contribution in [-0.2, 0) is 19.2 Å². The minimum atomic E-state index is -0.596. The number of halogens is 1. The number of hydrogen-bond acceptors (Lipinski definition) is 12. The Morgan fingerprint density at radius 1 is 0.970 bits per heavy atom. The van der Waals surface area contributed by atoms with Gasteiger partial charge in [-0.3, -0.25) is 29.3 Å². The van der Waals surface area contributed by atoms with E-state index in [1.54, 1.807) is 55.6 Å². The van der Waals surface area contributed by atoms with Crippen LogP contribution in [0.2, 0.25) is 0 Å². The molecule has 1 unspecified atom stereocenters. The molecule has 6 aliphatic rings. The first-order valence-corrected chi connectivity index (χ1v) is 23.8. The molecule has 5 amide bonds. The fourth-order valence-corrected chi connectivity index (χ4v) is 11.6. The molecular weight excluding hydrogens is 846 g/mol. The highest BCUT2D eigenvalue weighted by atomic mass is 19.1. The number of carbonyl (C=O) groups is 5. The molecule has 1 aromatic heterocycles. The summed E-state index contributed by atoms with van der Waals surface area (Å²) in [6, 6.07) is 10.00. The van der Waals surface area contributed by atoms with Crippen LogP contribution in [0.5, 0.6) is 5.75 Å². The number of fused-ring (bicyclic) bond motifs is 1. The van der Waals surface area contributed by atoms with Crippen LogP contribution in [0, 0.1) is 17.2 Å². The number of aromatic nitrogens is 2. The van der Waals surface area contributed by atoms with Crippen LogP contribution in [-0.4, -0.2) is 114 Å². The van der Waals surface area contributed by atoms with Crippen LogP contribution in [0.15, 0.2) is 42.6 Å². The van der Waals surface area contributed by atoms with Gasteiger partial charge in [0.15, 0.2) is 5.82 Å². The second-order valence-electron chi connectivity index (χ2n) is 19.5. The largest absolute Gasteiger partial charge is 0.495 e. The molecule has 4 aliphatic heterocycles. The third kappa shape index (κ3) is 8.66. The number of nitrogens with one attached hydrogen (secondary N) is 3. The van der Waals surface area contributed by atoms with Crippen molar-refractivity contribution < 1.29 is 38.2 Å². The van der Waals surface area contributed by atoms with Crippen molar-refractivity contribution in [1.82, 2.24) is 25.5 Å². The number of benzene rings is 2. The van der Waals surface area contributed by atoms with Gasteiger partial charge in [0.05, 0.1) is 30.6 Å². The number of imide groups is 1. The highest BCUT2D eigenvalue weighted by Gasteiger charge is 2.51. The van der Waals surface area contributed by atoms with Crippen molar-refractivity contribution in [2.24, 2.45) is 11.3 Å². The molecule has 9 rings (SSSR count). The Hall–Kier alpha value is -5.84. The minimum Gasteiger partial charge on any atom is -0.495 e. The van der Waals surface area contributed by atoms with Gasteiger partial charge in [0.1, 0.15) is 23.3 Å². The van der Waals surface area contributed by atoms with Crippen LogP contribution >= 0.6 is 0 Å². The van der Waals surface area contributed by atoms with Gasteiger partial charge < -0.3 is 40.1 Å². The first kappa shape index (κ1) is 45.3. The molecule has 352 valence electrons. The summed E-state index contributed by atoms with van der Waals surface area (Å²) >= 11 is 0. The van der Waals surface area contributed by atoms with Gasteiger partial charge in [-0.2, -0.15) is 4.98 Å². The number of hydrogen-bond donors (Lipinski definition) is 4. The van der Waals surface area contributed by atoms with E-state index < -0.39 is 23.2 Å². The van der Waals surface area contributed by atoms with Gasteiger partial charge in [0.2, 0.25) is 29.6 Å². The SMILES string of the molecule is CC[C@@H]1C(=O)N(C)c2cnc(Nc3ccc(C(=O)NC4(CCO)CCC5(CC4)CN(C(=O)C4CCN(c6ccc(C7CCC(=O)NC7=O)cc6F)CC4)C5)cc3OC)nc2N1C1CCCC1. The van der Waals surface area contributed by atoms with E-state index in [0.29, 0.717) is 111 Å². The smallest absolute Gasteiger partial charge is 0.251 e. The highest BCUT2D eigenvalue weighted by molar-refractivity contribution is 6.04. The van der Waals surface area contributed by atoms with E-state index in [2.05, 4.69) is 25.8 Å². The molecule has 17 heteroatoms. The lowest BCUT2D eigenvalue weighted by atomic mass is 9.62. The summed E-state index contributed by atoms with van der Waals surface area (Å²) < 4.78 is 21.1. The molecule has 2 aromatic carbocycles. The van der Waals surface area contributed by atoms with E-state index in [0.717, 1.165) is 44.3 Å². The Morgan fingerprint density at radius 2 is 1.71 bits per heavy atom. The van der Waals surface area contributed by atoms with E-state index in [9.17, 15) is 29.1 Å². The Balaban J connectivity index is 0.785. The first-order valence-electron chi connectivity index (χ1n) is 23.8. The van der Waals surface area contributed by atoms with Crippen molar-refractivity contribution in [2.75, 3.05) is 67.0 Å². The maximum Gasteiger partial charge on any atom is 0.251 e. The molecule has 16 nitrogen and oxygen atoms in total. The Bertz CT molecular complexity index is 2370. The summed E-state index contributed by atoms with van der Waals surface area (Å²) in [4.78, 5) is 82.2. The monoisotopic (exact) mass is 907 g/mol. The average Bonchev–Trinajstić information content (AvgIpc) is 3.84. The number of ether oxygens (including phenoxy) is 1. The topological polar surface area (TPSA) is 190 Å². The predicted octanol–water partition coefficient (Wildman–Crippen LogP) is 5.56. The van der Waals surface area contributed by atoms with Crippen LogP contribution in [0.1, 0.15) is 119 Å². The molecule has 4 N–H and O–H groups in total. The van der Waals surface area contributed by atoms with Gasteiger partial charge in [-0.15, -0.1) is 0 Å². The molecule has 0 bridgehead atoms. The standard InChI is InChI=1S/C49H62FN9O7/c1-4-37-46(65)56(2)39-27-51-47(54-42(39)59(37)33-7-5-6-8-33)52-36-12-9-32(26-40(36)66-3)43(62)55-49(21-24-60)19-17-48(18-20-49)28-58(29-48)45(64)30-15-22-57(23-16-30)38-13-10-31(25-35(38)50)34-11-14-41(61)53-44(34)63/h9-10,12-13,25-27,30,33-34,37,60H,4-8,11,14-24,28-29H2,1-3H3,(H,55,62)(H,51,52,54)(H,53,61,63)/t34?,37-/m1/s1. The van der Waals surface area contributed by atoms with Crippen LogP contribution in [0.4, 0.5) is 33.2 Å². The van der Waals surface area contributed by atoms with Crippen molar-refractivity contribution in [3.05, 3.63) is 59.5 Å². The number of piperidine rings is 2. The number of likely N-dealkylation sites (N-methyl/N-ethyl adjacent to an activating group) is 1. The van der Waals surface area contributed by atoms with Gasteiger partial charge in [-0.25, -0.2) is 9.37 Å². The van der Waals surface area contributed by atoms with Gasteiger partial charge in [0, 0.05) is 74.7 Å². The number of amides is 5. The second-order valence-corrected chi connectivity index (χ2v) is 19.5. The van der Waals surface area contributed by atoms with Gasteiger partial charge in [0.25, 0.3) is 5.91 Å². The average molecular weight is 908 g/mol. The normalized spacial score (nSPS) is 23.1. The molecule has 1 spiro atoms. The Labute approximate surface area is 385 Å². The molecule has 3 saturated heterocycles. The molecule has 3 aromatic rings. The number of aliphatic hydroxyl groups is 1. The molecule has 2 atom stereocenters. The zero-order chi connectivity index (χ0) is 46.3. The van der Waals surface area contributed by atoms with Gasteiger partial charge in [-0.1, -0.05) is 25.8 Å². The van der Waals surface area contributed by atoms with E-state index in [1.165, 1.54) is 6.07 Å². The minimum absolute atomic E-state index is 0.0285. The zero-order valence-corrected chi connectivity index (χ0v) is 38.2. The number of rotatable bonds is 12. The van der Waals surface area contributed by atoms with Crippen molar-refractivity contribution >= 4 is 58.4 Å². The number of anilines is 5. The molecule has 2 saturated carbocycles. The molecule has 2 aliphatic carbocycles. The van der Waals surface area contributed by atoms with E-state index >= 15 is 4.39 Å². The third-order valence-electron chi connectivity index (χ3n) is 15.5. The predicted molar refractivity (Wildman–Crippen MR) is 246 cm³/mol. The summed E-state index contributed by atoms with van der Waals surface area (Å²) in [5.41, 5.74) is 2.06. The molecule has 5 heterocycles. The Kier molecular flexibility index (Phi) is 12.7. The lowest BCUT2D eigenvalue weighted by Gasteiger charge is -2.56. The van der Waals surface area contributed by atoms with Gasteiger partial charge in [-0.05, 0) is 107 Å². The van der Waals surface area contributed by atoms with Crippen molar-refractivity contribution in [2.45, 2.75) is 120 Å². The Morgan fingerprint density at radius 3 is 2.38 bits per heavy atom. The van der Waals surface area contributed by atoms with Crippen LogP contribution in [0.25, 0.3) is 0 Å². The van der Waals surface area contributed by atoms with E-state index in [1.807, 2.05) is 16.7 Å². The fourth-order valence-electron chi connectivity index (χ4n) is 11.6. The third-order valence-corrected chi connectivity index (χ3v) is 15.5. The number of nitrogens with zero attached hydrogens (tertiary/aromatic N) is 6. The highest BCUT2D eigenvalue weighted by Crippen LogP contribution is 2.49. The van der Waals surface area contributed by atoms with E-state index in [-0.39, 0.29) is 60.1 Å². The number of likely N-dealkylation sites (tertiary alicyclic amines) is 1. The second kappa shape index (κ2) is 18.4. The maximum absolute atomic E-state index is 15.4. The maximum atomic E-state index is 15.4. The van der Waals surface area contributed by atoms with Crippen molar-refractivity contribution in [1.29, 1.82) is 0 Å². The summed E-state index contributed by atoms with van der Waals surface area (Å²) in [6.07, 6.45) is 11.9. The first-order chi connectivity index (χ1) is 31.8. The molecule has 5 fully saturated rings. The zero-order valence-electron chi connectivity index (χ0n) is 38.2. The lowest BCUT2D eigenvalue weighted by molar-refractivity contribution is -0.152. The van der Waals surface area contributed by atoms with Crippen LogP contribution in [0.3, 0.4) is 0 Å². The van der Waals surface area contributed by atoms with Crippen LogP contribution < -0.4 is 35.4 Å². The molecule has 0 radical (unpaired) electrons. The summed E-state index contributed by atoms with van der Waals surface area (Å²) in [6.45, 7) is 4.38. The van der Waals surface area contributed by atoms with Crippen molar-refractivity contribution in [3.8, 4) is 5.75 Å². The number of aliphatic hydroxyl groups excluding tert-OH is 1. The van der Waals surface area contributed by atoms with Gasteiger partial charge >= 0.3 is 0 Å². The van der Waals surface area contributed by atoms with E-state index in [4.69, 9.17) is 9.72 Å². The fraction of sp³-hybridized carbons (Fsp3) is 0.571. The summed E-state index contributed by atoms with van der Waals surface area (Å²) in [7, 11) is 3.32. The summed E-state index contributed by atoms with van der Waals surface area (Å²) in [5, 5.41) is 19.1. The quantitative estimate of drug-likeness (QED) is 0.166. The molecular formula is C49H62FN9O7. The van der Waals surface area contributed by atoms with Crippen molar-refractivity contribution in [3.63, 3.8) is 0 Å². The lowest BCUT2D eigenvalue weighted by Crippen LogP contribution is -2.64. The summed E-state index contributed by atoms with van der Waals surface area (Å²) in [5.74, 6) is -0.351. The molecule has 66 heavy (non-hydrogen) atoms. The number of carbonyl (C=O) groups excluding carboxylic acids is 5. The number of methoxy groups -OCH3 is 1.